The summed E-state index contributed by atoms with van der Waals surface area (Å²) in [5, 5.41) is 1.29. The molecule has 0 saturated carbocycles. The fourth-order valence-electron chi connectivity index (χ4n) is 3.73. The fourth-order valence-corrected chi connectivity index (χ4v) is 5.83. The molecule has 0 spiro atoms. The number of benzene rings is 1. The molecule has 0 aliphatic heterocycles. The number of carbonyl (C=O) groups is 1. The highest BCUT2D eigenvalue weighted by Crippen LogP contribution is 2.34. The Morgan fingerprint density at radius 3 is 2.87 bits per heavy atom. The SMILES string of the molecule is C=CCn1c(SCC(=O)NOCc2ccccc2)nc2sc3c(c2c1=O)CCCCC3. The zero-order valence-corrected chi connectivity index (χ0v) is 18.9. The minimum Gasteiger partial charge on any atom is -0.283 e. The van der Waals surface area contributed by atoms with Gasteiger partial charge < -0.3 is 0 Å². The van der Waals surface area contributed by atoms with Crippen LogP contribution in [0.2, 0.25) is 0 Å². The quantitative estimate of drug-likeness (QED) is 0.181. The Balaban J connectivity index is 1.49. The van der Waals surface area contributed by atoms with Crippen molar-refractivity contribution in [3.8, 4) is 0 Å². The molecular weight excluding hydrogens is 430 g/mol. The van der Waals surface area contributed by atoms with Gasteiger partial charge in [-0.3, -0.25) is 19.0 Å². The van der Waals surface area contributed by atoms with Crippen LogP contribution in [0, 0.1) is 0 Å². The Morgan fingerprint density at radius 1 is 1.26 bits per heavy atom. The fraction of sp³-hybridized carbons (Fsp3) is 0.348. The van der Waals surface area contributed by atoms with Crippen LogP contribution in [-0.4, -0.2) is 21.2 Å². The summed E-state index contributed by atoms with van der Waals surface area (Å²) < 4.78 is 1.62. The van der Waals surface area contributed by atoms with Gasteiger partial charge in [-0.1, -0.05) is 54.6 Å². The molecule has 1 amide bonds. The molecule has 6 nitrogen and oxygen atoms in total. The highest BCUT2D eigenvalue weighted by molar-refractivity contribution is 7.99. The Kier molecular flexibility index (Phi) is 7.21. The van der Waals surface area contributed by atoms with E-state index < -0.39 is 0 Å². The summed E-state index contributed by atoms with van der Waals surface area (Å²) in [6, 6.07) is 9.62. The van der Waals surface area contributed by atoms with Gasteiger partial charge in [0.1, 0.15) is 4.83 Å². The van der Waals surface area contributed by atoms with Crippen LogP contribution in [0.4, 0.5) is 0 Å². The molecule has 0 unspecified atom stereocenters. The molecule has 1 aliphatic rings. The largest absolute Gasteiger partial charge is 0.283 e. The molecule has 0 saturated heterocycles. The van der Waals surface area contributed by atoms with Crippen molar-refractivity contribution in [2.24, 2.45) is 0 Å². The lowest BCUT2D eigenvalue weighted by molar-refractivity contribution is -0.131. The number of nitrogens with zero attached hydrogens (tertiary/aromatic N) is 2. The van der Waals surface area contributed by atoms with E-state index >= 15 is 0 Å². The van der Waals surface area contributed by atoms with Crippen LogP contribution in [0.25, 0.3) is 10.2 Å². The summed E-state index contributed by atoms with van der Waals surface area (Å²) in [5.74, 6) is -0.169. The molecular formula is C23H25N3O3S2. The lowest BCUT2D eigenvalue weighted by atomic mass is 10.1. The highest BCUT2D eigenvalue weighted by Gasteiger charge is 2.21. The smallest absolute Gasteiger partial charge is 0.263 e. The first-order valence-electron chi connectivity index (χ1n) is 10.4. The van der Waals surface area contributed by atoms with Crippen LogP contribution in [-0.2, 0) is 35.6 Å². The van der Waals surface area contributed by atoms with Crippen molar-refractivity contribution in [2.45, 2.75) is 50.4 Å². The maximum Gasteiger partial charge on any atom is 0.263 e. The van der Waals surface area contributed by atoms with Crippen molar-refractivity contribution in [1.29, 1.82) is 0 Å². The van der Waals surface area contributed by atoms with E-state index in [2.05, 4.69) is 12.1 Å². The number of fused-ring (bicyclic) bond motifs is 3. The lowest BCUT2D eigenvalue weighted by Crippen LogP contribution is -2.27. The van der Waals surface area contributed by atoms with Crippen LogP contribution < -0.4 is 11.0 Å². The number of allylic oxidation sites excluding steroid dienone is 1. The summed E-state index contributed by atoms with van der Waals surface area (Å²) >= 11 is 2.86. The maximum atomic E-state index is 13.3. The zero-order valence-electron chi connectivity index (χ0n) is 17.3. The molecule has 0 atom stereocenters. The van der Waals surface area contributed by atoms with Gasteiger partial charge in [-0.15, -0.1) is 17.9 Å². The van der Waals surface area contributed by atoms with E-state index in [-0.39, 0.29) is 17.2 Å². The molecule has 0 bridgehead atoms. The van der Waals surface area contributed by atoms with Crippen molar-refractivity contribution >= 4 is 39.2 Å². The molecule has 3 aromatic rings. The van der Waals surface area contributed by atoms with Crippen LogP contribution in [0.5, 0.6) is 0 Å². The van der Waals surface area contributed by atoms with Gasteiger partial charge in [0.25, 0.3) is 11.5 Å². The number of thiophene rings is 1. The van der Waals surface area contributed by atoms with Gasteiger partial charge in [-0.2, -0.15) is 0 Å². The van der Waals surface area contributed by atoms with Crippen molar-refractivity contribution in [3.63, 3.8) is 0 Å². The van der Waals surface area contributed by atoms with E-state index in [9.17, 15) is 9.59 Å². The molecule has 4 rings (SSSR count). The predicted octanol–water partition coefficient (Wildman–Crippen LogP) is 4.25. The number of hydrogen-bond donors (Lipinski definition) is 1. The molecule has 1 aliphatic carbocycles. The minimum atomic E-state index is -0.276. The number of thioether (sulfide) groups is 1. The molecule has 162 valence electrons. The first-order chi connectivity index (χ1) is 15.2. The summed E-state index contributed by atoms with van der Waals surface area (Å²) in [6.45, 7) is 4.44. The number of aryl methyl sites for hydroxylation is 2. The first-order valence-corrected chi connectivity index (χ1v) is 12.2. The molecule has 0 radical (unpaired) electrons. The Bertz CT molecular complexity index is 1140. The van der Waals surface area contributed by atoms with Gasteiger partial charge in [-0.25, -0.2) is 10.5 Å². The number of amides is 1. The number of rotatable bonds is 8. The Morgan fingerprint density at radius 2 is 2.06 bits per heavy atom. The van der Waals surface area contributed by atoms with Gasteiger partial charge in [-0.05, 0) is 36.8 Å². The summed E-state index contributed by atoms with van der Waals surface area (Å²) in [6.07, 6.45) is 7.11. The normalized spacial score (nSPS) is 13.5. The second-order valence-electron chi connectivity index (χ2n) is 7.43. The van der Waals surface area contributed by atoms with E-state index in [0.717, 1.165) is 41.5 Å². The monoisotopic (exact) mass is 455 g/mol. The van der Waals surface area contributed by atoms with E-state index in [4.69, 9.17) is 9.82 Å². The van der Waals surface area contributed by atoms with E-state index in [1.165, 1.54) is 28.6 Å². The van der Waals surface area contributed by atoms with Gasteiger partial charge in [0, 0.05) is 11.4 Å². The molecule has 2 heterocycles. The standard InChI is InChI=1S/C23H25N3O3S2/c1-2-13-26-22(28)20-17-11-7-4-8-12-18(17)31-21(20)24-23(26)30-15-19(27)25-29-14-16-9-5-3-6-10-16/h2-3,5-6,9-10H,1,4,7-8,11-15H2,(H,25,27). The Labute approximate surface area is 189 Å². The van der Waals surface area contributed by atoms with E-state index in [1.807, 2.05) is 30.3 Å². The molecule has 2 aromatic heterocycles. The van der Waals surface area contributed by atoms with Crippen molar-refractivity contribution < 1.29 is 9.63 Å². The number of aromatic nitrogens is 2. The Hall–Kier alpha value is -2.42. The molecule has 0 fully saturated rings. The van der Waals surface area contributed by atoms with Crippen LogP contribution in [0.1, 0.15) is 35.3 Å². The maximum absolute atomic E-state index is 13.3. The molecule has 1 aromatic carbocycles. The third kappa shape index (κ3) is 5.08. The third-order valence-corrected chi connectivity index (χ3v) is 7.36. The number of carbonyl (C=O) groups excluding carboxylic acids is 1. The lowest BCUT2D eigenvalue weighted by Gasteiger charge is -2.11. The zero-order chi connectivity index (χ0) is 21.6. The van der Waals surface area contributed by atoms with Gasteiger partial charge >= 0.3 is 0 Å². The van der Waals surface area contributed by atoms with Crippen molar-refractivity contribution in [3.05, 3.63) is 69.3 Å². The minimum absolute atomic E-state index is 0.0347. The first kappa shape index (κ1) is 21.8. The van der Waals surface area contributed by atoms with Crippen LogP contribution in [0.15, 0.2) is 52.9 Å². The number of hydroxylamine groups is 1. The summed E-state index contributed by atoms with van der Waals surface area (Å²) in [7, 11) is 0. The van der Waals surface area contributed by atoms with Crippen molar-refractivity contribution in [2.75, 3.05) is 5.75 Å². The topological polar surface area (TPSA) is 73.2 Å². The number of nitrogens with one attached hydrogen (secondary N) is 1. The van der Waals surface area contributed by atoms with Gasteiger partial charge in [0.15, 0.2) is 5.16 Å². The van der Waals surface area contributed by atoms with Crippen LogP contribution >= 0.6 is 23.1 Å². The summed E-state index contributed by atoms with van der Waals surface area (Å²) in [4.78, 5) is 37.7. The predicted molar refractivity (Wildman–Crippen MR) is 125 cm³/mol. The molecule has 1 N–H and O–H groups in total. The second-order valence-corrected chi connectivity index (χ2v) is 9.46. The second kappa shape index (κ2) is 10.3. The average Bonchev–Trinajstić information content (AvgIpc) is 2.96. The number of hydrogen-bond acceptors (Lipinski definition) is 6. The third-order valence-electron chi connectivity index (χ3n) is 5.20. The molecule has 8 heteroatoms. The van der Waals surface area contributed by atoms with Crippen molar-refractivity contribution in [1.82, 2.24) is 15.0 Å². The van der Waals surface area contributed by atoms with E-state index in [0.29, 0.717) is 18.3 Å². The van der Waals surface area contributed by atoms with Gasteiger partial charge in [0.2, 0.25) is 0 Å². The average molecular weight is 456 g/mol. The molecule has 31 heavy (non-hydrogen) atoms. The van der Waals surface area contributed by atoms with Crippen LogP contribution in [0.3, 0.4) is 0 Å². The van der Waals surface area contributed by atoms with Gasteiger partial charge in [0.05, 0.1) is 17.7 Å². The highest BCUT2D eigenvalue weighted by atomic mass is 32.2. The summed E-state index contributed by atoms with van der Waals surface area (Å²) in [5.41, 5.74) is 4.57. The van der Waals surface area contributed by atoms with E-state index in [1.54, 1.807) is 22.0 Å².